The molecule has 0 radical (unpaired) electrons. The summed E-state index contributed by atoms with van der Waals surface area (Å²) >= 11 is 11.7. The minimum atomic E-state index is -5.08. The zero-order valence-electron chi connectivity index (χ0n) is 12.4. The number of alkyl halides is 3. The number of amides is 1. The number of halogens is 5. The number of hydrogen-bond acceptors (Lipinski definition) is 5. The molecule has 0 saturated heterocycles. The van der Waals surface area contributed by atoms with Crippen LogP contribution in [-0.2, 0) is 15.8 Å². The van der Waals surface area contributed by atoms with Gasteiger partial charge in [0, 0.05) is 0 Å². The second-order valence-electron chi connectivity index (χ2n) is 4.93. The number of Topliss-reactive ketones (excluding diaryl/α,β-unsaturated/α-hetero) is 1. The van der Waals surface area contributed by atoms with Gasteiger partial charge < -0.3 is 0 Å². The summed E-state index contributed by atoms with van der Waals surface area (Å²) in [6, 6.07) is 5.82. The van der Waals surface area contributed by atoms with E-state index in [0.29, 0.717) is 0 Å². The average molecular weight is 446 g/mol. The van der Waals surface area contributed by atoms with Gasteiger partial charge in [0.1, 0.15) is 0 Å². The Kier molecular flexibility index (Phi) is 6.01. The van der Waals surface area contributed by atoms with Crippen LogP contribution in [0.25, 0.3) is 0 Å². The summed E-state index contributed by atoms with van der Waals surface area (Å²) in [5, 5.41) is 0.344. The lowest BCUT2D eigenvalue weighted by atomic mass is 10.2. The Morgan fingerprint density at radius 3 is 2.23 bits per heavy atom. The Balaban J connectivity index is 2.12. The topological polar surface area (TPSA) is 80.3 Å². The van der Waals surface area contributed by atoms with Gasteiger partial charge in [0.15, 0.2) is 0 Å². The monoisotopic (exact) mass is 445 g/mol. The number of ketones is 1. The van der Waals surface area contributed by atoms with E-state index in [-0.39, 0.29) is 31.8 Å². The van der Waals surface area contributed by atoms with E-state index < -0.39 is 38.5 Å². The highest BCUT2D eigenvalue weighted by Crippen LogP contribution is 2.27. The molecule has 0 aliphatic carbocycles. The summed E-state index contributed by atoms with van der Waals surface area (Å²) in [6.07, 6.45) is -5.08. The second kappa shape index (κ2) is 7.55. The van der Waals surface area contributed by atoms with Gasteiger partial charge in [-0.1, -0.05) is 29.3 Å². The van der Waals surface area contributed by atoms with E-state index >= 15 is 0 Å². The van der Waals surface area contributed by atoms with Gasteiger partial charge in [-0.15, -0.1) is 11.3 Å². The number of sulfonamides is 1. The number of carbonyl (C=O) groups is 2. The van der Waals surface area contributed by atoms with Crippen LogP contribution < -0.4 is 4.72 Å². The molecule has 0 atom stereocenters. The highest BCUT2D eigenvalue weighted by Gasteiger charge is 2.40. The Labute approximate surface area is 159 Å². The molecule has 0 fully saturated rings. The number of nitrogens with one attached hydrogen (secondary N) is 1. The molecule has 0 bridgehead atoms. The number of carbonyl (C=O) groups excluding carboxylic acids is 2. The molecule has 140 valence electrons. The van der Waals surface area contributed by atoms with Crippen molar-refractivity contribution < 1.29 is 31.2 Å². The minimum Gasteiger partial charge on any atom is -0.283 e. The molecule has 1 heterocycles. The van der Waals surface area contributed by atoms with Crippen LogP contribution in [0.4, 0.5) is 13.2 Å². The standard InChI is InChI=1S/C14H8Cl2F3NO4S2/c15-8-2-1-7(5-9(8)16)6-26(23,24)20-13(22)11-4-3-10(25-11)12(21)14(17,18)19/h1-5H,6H2,(H,20,22). The van der Waals surface area contributed by atoms with Crippen molar-refractivity contribution in [3.05, 3.63) is 55.7 Å². The molecule has 1 aromatic carbocycles. The molecule has 0 spiro atoms. The van der Waals surface area contributed by atoms with E-state index in [4.69, 9.17) is 23.2 Å². The second-order valence-corrected chi connectivity index (χ2v) is 8.55. The number of hydrogen-bond donors (Lipinski definition) is 1. The molecule has 1 aromatic heterocycles. The first-order chi connectivity index (χ1) is 11.9. The molecule has 1 amide bonds. The van der Waals surface area contributed by atoms with Gasteiger partial charge in [-0.3, -0.25) is 9.59 Å². The van der Waals surface area contributed by atoms with Crippen molar-refractivity contribution in [2.75, 3.05) is 0 Å². The van der Waals surface area contributed by atoms with Crippen LogP contribution in [0, 0.1) is 0 Å². The van der Waals surface area contributed by atoms with Gasteiger partial charge in [0.25, 0.3) is 11.7 Å². The Hall–Kier alpha value is -1.62. The Morgan fingerprint density at radius 1 is 1.04 bits per heavy atom. The van der Waals surface area contributed by atoms with Crippen molar-refractivity contribution in [3.8, 4) is 0 Å². The van der Waals surface area contributed by atoms with Crippen LogP contribution in [0.3, 0.4) is 0 Å². The summed E-state index contributed by atoms with van der Waals surface area (Å²) in [5.74, 6) is -3.86. The average Bonchev–Trinajstić information content (AvgIpc) is 2.98. The summed E-state index contributed by atoms with van der Waals surface area (Å²) in [5.41, 5.74) is 0.249. The maximum Gasteiger partial charge on any atom is 0.455 e. The molecule has 2 rings (SSSR count). The predicted octanol–water partition coefficient (Wildman–Crippen LogP) is 4.06. The van der Waals surface area contributed by atoms with E-state index in [1.54, 1.807) is 4.72 Å². The quantitative estimate of drug-likeness (QED) is 0.703. The minimum absolute atomic E-state index is 0.124. The normalized spacial score (nSPS) is 12.0. The summed E-state index contributed by atoms with van der Waals surface area (Å²) in [6.45, 7) is 0. The van der Waals surface area contributed by atoms with Gasteiger partial charge >= 0.3 is 6.18 Å². The molecule has 5 nitrogen and oxygen atoms in total. The predicted molar refractivity (Wildman–Crippen MR) is 91.3 cm³/mol. The lowest BCUT2D eigenvalue weighted by Crippen LogP contribution is -2.31. The van der Waals surface area contributed by atoms with Crippen LogP contribution >= 0.6 is 34.5 Å². The van der Waals surface area contributed by atoms with Crippen LogP contribution in [0.2, 0.25) is 10.0 Å². The Morgan fingerprint density at radius 2 is 1.65 bits per heavy atom. The highest BCUT2D eigenvalue weighted by atomic mass is 35.5. The van der Waals surface area contributed by atoms with Crippen molar-refractivity contribution in [2.45, 2.75) is 11.9 Å². The number of thiophene rings is 1. The van der Waals surface area contributed by atoms with Crippen LogP contribution in [0.15, 0.2) is 30.3 Å². The van der Waals surface area contributed by atoms with Crippen LogP contribution in [0.1, 0.15) is 24.9 Å². The third-order valence-electron chi connectivity index (χ3n) is 2.90. The van der Waals surface area contributed by atoms with Crippen molar-refractivity contribution in [1.82, 2.24) is 4.72 Å². The number of rotatable bonds is 5. The Bertz CT molecular complexity index is 971. The molecule has 2 aromatic rings. The van der Waals surface area contributed by atoms with Gasteiger partial charge in [-0.05, 0) is 29.8 Å². The first kappa shape index (κ1) is 20.7. The number of benzene rings is 1. The maximum atomic E-state index is 12.4. The molecule has 0 unspecified atom stereocenters. The lowest BCUT2D eigenvalue weighted by Gasteiger charge is -2.07. The molecule has 0 aliphatic rings. The van der Waals surface area contributed by atoms with Gasteiger partial charge in [-0.25, -0.2) is 13.1 Å². The fourth-order valence-corrected chi connectivity index (χ4v) is 4.13. The smallest absolute Gasteiger partial charge is 0.283 e. The van der Waals surface area contributed by atoms with Gasteiger partial charge in [0.05, 0.1) is 25.6 Å². The van der Waals surface area contributed by atoms with E-state index in [1.165, 1.54) is 18.2 Å². The fraction of sp³-hybridized carbons (Fsp3) is 0.143. The molecular weight excluding hydrogens is 438 g/mol. The van der Waals surface area contributed by atoms with E-state index in [2.05, 4.69) is 0 Å². The third-order valence-corrected chi connectivity index (χ3v) is 5.93. The van der Waals surface area contributed by atoms with E-state index in [0.717, 1.165) is 12.1 Å². The first-order valence-electron chi connectivity index (χ1n) is 6.59. The zero-order chi connectivity index (χ0) is 19.7. The maximum absolute atomic E-state index is 12.4. The summed E-state index contributed by atoms with van der Waals surface area (Å²) in [7, 11) is -4.15. The molecule has 12 heteroatoms. The van der Waals surface area contributed by atoms with Crippen LogP contribution in [0.5, 0.6) is 0 Å². The van der Waals surface area contributed by atoms with E-state index in [9.17, 15) is 31.2 Å². The van der Waals surface area contributed by atoms with Crippen molar-refractivity contribution in [3.63, 3.8) is 0 Å². The molecular formula is C14H8Cl2F3NO4S2. The SMILES string of the molecule is O=C(NS(=O)(=O)Cc1ccc(Cl)c(Cl)c1)c1ccc(C(=O)C(F)(F)F)s1. The van der Waals surface area contributed by atoms with Crippen molar-refractivity contribution >= 4 is 56.3 Å². The van der Waals surface area contributed by atoms with Crippen molar-refractivity contribution in [1.29, 1.82) is 0 Å². The zero-order valence-corrected chi connectivity index (χ0v) is 15.6. The largest absolute Gasteiger partial charge is 0.455 e. The molecule has 0 saturated carbocycles. The lowest BCUT2D eigenvalue weighted by molar-refractivity contribution is -0.0882. The van der Waals surface area contributed by atoms with E-state index in [1.807, 2.05) is 0 Å². The molecule has 1 N–H and O–H groups in total. The summed E-state index contributed by atoms with van der Waals surface area (Å²) < 4.78 is 62.9. The molecule has 26 heavy (non-hydrogen) atoms. The fourth-order valence-electron chi connectivity index (χ4n) is 1.80. The molecule has 0 aliphatic heterocycles. The van der Waals surface area contributed by atoms with Crippen molar-refractivity contribution in [2.24, 2.45) is 0 Å². The highest BCUT2D eigenvalue weighted by molar-refractivity contribution is 7.89. The van der Waals surface area contributed by atoms with Gasteiger partial charge in [-0.2, -0.15) is 13.2 Å². The summed E-state index contributed by atoms with van der Waals surface area (Å²) in [4.78, 5) is 22.0. The third kappa shape index (κ3) is 5.19. The first-order valence-corrected chi connectivity index (χ1v) is 9.81. The van der Waals surface area contributed by atoms with Gasteiger partial charge in [0.2, 0.25) is 10.0 Å². The van der Waals surface area contributed by atoms with Crippen LogP contribution in [-0.4, -0.2) is 26.3 Å².